The predicted octanol–water partition coefficient (Wildman–Crippen LogP) is 16.3. The van der Waals surface area contributed by atoms with E-state index in [-0.39, 0.29) is 31.1 Å². The molecule has 0 radical (unpaired) electrons. The van der Waals surface area contributed by atoms with Gasteiger partial charge in [0.15, 0.2) is 6.10 Å². The van der Waals surface area contributed by atoms with Crippen LogP contribution in [0.3, 0.4) is 0 Å². The summed E-state index contributed by atoms with van der Waals surface area (Å²) >= 11 is 0. The van der Waals surface area contributed by atoms with Crippen molar-refractivity contribution in [1.29, 1.82) is 0 Å². The number of unbranched alkanes of at least 4 members (excludes halogenated alkanes) is 33. The second kappa shape index (κ2) is 45.5. The Bertz CT molecular complexity index is 857. The molecule has 0 spiro atoms. The first-order valence-corrected chi connectivity index (χ1v) is 25.4. The molecule has 0 aromatic heterocycles. The van der Waals surface area contributed by atoms with Crippen LogP contribution in [-0.2, 0) is 28.6 Å². The van der Waals surface area contributed by atoms with Crippen LogP contribution in [-0.4, -0.2) is 37.2 Å². The molecule has 0 fully saturated rings. The van der Waals surface area contributed by atoms with Crippen LogP contribution in [0.1, 0.15) is 285 Å². The Hall–Kier alpha value is -1.59. The molecule has 1 atom stereocenters. The molecule has 0 aliphatic rings. The molecular weight excluding hydrogens is 709 g/mol. The minimum atomic E-state index is -0.759. The Labute approximate surface area is 355 Å². The van der Waals surface area contributed by atoms with Gasteiger partial charge in [-0.15, -0.1) is 0 Å². The molecule has 0 amide bonds. The molecule has 0 rings (SSSR count). The van der Waals surface area contributed by atoms with E-state index in [2.05, 4.69) is 27.7 Å². The highest BCUT2D eigenvalue weighted by Crippen LogP contribution is 2.17. The lowest BCUT2D eigenvalue weighted by Crippen LogP contribution is -2.30. The summed E-state index contributed by atoms with van der Waals surface area (Å²) in [6, 6.07) is 0. The van der Waals surface area contributed by atoms with E-state index in [1.54, 1.807) is 0 Å². The monoisotopic (exact) mass is 807 g/mol. The average Bonchev–Trinajstić information content (AvgIpc) is 3.19. The van der Waals surface area contributed by atoms with Gasteiger partial charge in [0.2, 0.25) is 0 Å². The van der Waals surface area contributed by atoms with Crippen LogP contribution in [0.4, 0.5) is 0 Å². The third kappa shape index (κ3) is 45.3. The van der Waals surface area contributed by atoms with Gasteiger partial charge in [-0.3, -0.25) is 14.4 Å². The van der Waals surface area contributed by atoms with Gasteiger partial charge in [-0.25, -0.2) is 0 Å². The summed E-state index contributed by atoms with van der Waals surface area (Å²) in [7, 11) is 0. The second-order valence-electron chi connectivity index (χ2n) is 17.9. The van der Waals surface area contributed by atoms with Crippen LogP contribution in [0.5, 0.6) is 0 Å². The molecule has 0 aliphatic carbocycles. The molecule has 0 aromatic carbocycles. The van der Waals surface area contributed by atoms with Gasteiger partial charge >= 0.3 is 17.9 Å². The SMILES string of the molecule is CCCCCCCCCCCCCCCC(=O)OC[C@H](COC(=O)CCCCCCCCCCCCCCC(C)C)OC(=O)CCCCCCCCCCCCC. The van der Waals surface area contributed by atoms with Gasteiger partial charge in [-0.05, 0) is 25.2 Å². The zero-order valence-corrected chi connectivity index (χ0v) is 38.8. The van der Waals surface area contributed by atoms with Crippen LogP contribution in [0.25, 0.3) is 0 Å². The Morgan fingerprint density at radius 1 is 0.333 bits per heavy atom. The molecule has 338 valence electrons. The van der Waals surface area contributed by atoms with Crippen LogP contribution >= 0.6 is 0 Å². The van der Waals surface area contributed by atoms with E-state index in [4.69, 9.17) is 14.2 Å². The van der Waals surface area contributed by atoms with Crippen molar-refractivity contribution in [2.75, 3.05) is 13.2 Å². The van der Waals surface area contributed by atoms with Crippen LogP contribution in [0.2, 0.25) is 0 Å². The van der Waals surface area contributed by atoms with Crippen molar-refractivity contribution < 1.29 is 28.6 Å². The molecule has 0 aliphatic heterocycles. The first-order chi connectivity index (χ1) is 27.9. The lowest BCUT2D eigenvalue weighted by Gasteiger charge is -2.18. The van der Waals surface area contributed by atoms with E-state index >= 15 is 0 Å². The topological polar surface area (TPSA) is 78.9 Å². The molecule has 0 bridgehead atoms. The average molecular weight is 807 g/mol. The van der Waals surface area contributed by atoms with Gasteiger partial charge in [-0.2, -0.15) is 0 Å². The molecule has 6 nitrogen and oxygen atoms in total. The van der Waals surface area contributed by atoms with Crippen LogP contribution in [0, 0.1) is 5.92 Å². The van der Waals surface area contributed by atoms with Crippen molar-refractivity contribution in [2.24, 2.45) is 5.92 Å². The van der Waals surface area contributed by atoms with Crippen molar-refractivity contribution in [1.82, 2.24) is 0 Å². The summed E-state index contributed by atoms with van der Waals surface area (Å²) in [5.74, 6) is -0.0122. The van der Waals surface area contributed by atoms with Crippen molar-refractivity contribution in [3.63, 3.8) is 0 Å². The zero-order valence-electron chi connectivity index (χ0n) is 38.8. The van der Waals surface area contributed by atoms with Crippen molar-refractivity contribution >= 4 is 17.9 Å². The normalized spacial score (nSPS) is 11.9. The summed E-state index contributed by atoms with van der Waals surface area (Å²) in [5.41, 5.74) is 0. The number of rotatable bonds is 46. The Morgan fingerprint density at radius 3 is 0.860 bits per heavy atom. The van der Waals surface area contributed by atoms with E-state index < -0.39 is 6.10 Å². The largest absolute Gasteiger partial charge is 0.462 e. The van der Waals surface area contributed by atoms with Crippen molar-refractivity contribution in [2.45, 2.75) is 291 Å². The predicted molar refractivity (Wildman–Crippen MR) is 243 cm³/mol. The number of carbonyl (C=O) groups excluding carboxylic acids is 3. The Kier molecular flexibility index (Phi) is 44.2. The molecule has 6 heteroatoms. The van der Waals surface area contributed by atoms with Gasteiger partial charge in [0, 0.05) is 19.3 Å². The third-order valence-corrected chi connectivity index (χ3v) is 11.5. The van der Waals surface area contributed by atoms with E-state index in [1.165, 1.54) is 180 Å². The summed E-state index contributed by atoms with van der Waals surface area (Å²) in [6.45, 7) is 9.02. The van der Waals surface area contributed by atoms with Crippen molar-refractivity contribution in [3.05, 3.63) is 0 Å². The molecule has 0 N–H and O–H groups in total. The molecule has 0 saturated carbocycles. The Balaban J connectivity index is 4.29. The maximum Gasteiger partial charge on any atom is 0.306 e. The van der Waals surface area contributed by atoms with Gasteiger partial charge in [0.1, 0.15) is 13.2 Å². The molecule has 0 heterocycles. The molecule has 0 saturated heterocycles. The highest BCUT2D eigenvalue weighted by Gasteiger charge is 2.19. The van der Waals surface area contributed by atoms with Gasteiger partial charge in [0.25, 0.3) is 0 Å². The van der Waals surface area contributed by atoms with Gasteiger partial charge in [-0.1, -0.05) is 246 Å². The molecule has 57 heavy (non-hydrogen) atoms. The van der Waals surface area contributed by atoms with Crippen LogP contribution < -0.4 is 0 Å². The minimum absolute atomic E-state index is 0.0628. The van der Waals surface area contributed by atoms with Crippen molar-refractivity contribution in [3.8, 4) is 0 Å². The fraction of sp³-hybridized carbons (Fsp3) is 0.941. The lowest BCUT2D eigenvalue weighted by atomic mass is 10.0. The minimum Gasteiger partial charge on any atom is -0.462 e. The van der Waals surface area contributed by atoms with Crippen LogP contribution in [0.15, 0.2) is 0 Å². The zero-order chi connectivity index (χ0) is 41.7. The first-order valence-electron chi connectivity index (χ1n) is 25.4. The molecular formula is C51H98O6. The summed E-state index contributed by atoms with van der Waals surface area (Å²) in [6.07, 6.45) is 46.5. The van der Waals surface area contributed by atoms with E-state index in [0.717, 1.165) is 63.7 Å². The number of hydrogen-bond acceptors (Lipinski definition) is 6. The fourth-order valence-corrected chi connectivity index (χ4v) is 7.69. The van der Waals surface area contributed by atoms with E-state index in [9.17, 15) is 14.4 Å². The second-order valence-corrected chi connectivity index (χ2v) is 17.9. The summed E-state index contributed by atoms with van der Waals surface area (Å²) < 4.78 is 16.8. The van der Waals surface area contributed by atoms with Gasteiger partial charge in [0.05, 0.1) is 0 Å². The highest BCUT2D eigenvalue weighted by molar-refractivity contribution is 5.71. The Morgan fingerprint density at radius 2 is 0.579 bits per heavy atom. The number of hydrogen-bond donors (Lipinski definition) is 0. The molecule has 0 aromatic rings. The van der Waals surface area contributed by atoms with Gasteiger partial charge < -0.3 is 14.2 Å². The lowest BCUT2D eigenvalue weighted by molar-refractivity contribution is -0.167. The maximum atomic E-state index is 12.7. The first kappa shape index (κ1) is 55.4. The van der Waals surface area contributed by atoms with E-state index in [0.29, 0.717) is 19.3 Å². The van der Waals surface area contributed by atoms with E-state index in [1.807, 2.05) is 0 Å². The summed E-state index contributed by atoms with van der Waals surface area (Å²) in [4.78, 5) is 37.9. The maximum absolute atomic E-state index is 12.7. The standard InChI is InChI=1S/C51H98O6/c1-5-7-9-11-13-15-17-18-23-26-30-34-38-42-49(52)55-45-48(57-51(54)44-40-36-32-28-21-16-14-12-10-8-6-2)46-56-50(53)43-39-35-31-27-24-20-19-22-25-29-33-37-41-47(3)4/h47-48H,5-46H2,1-4H3/t48-/m1/s1. The number of esters is 3. The highest BCUT2D eigenvalue weighted by atomic mass is 16.6. The number of ether oxygens (including phenoxy) is 3. The third-order valence-electron chi connectivity index (χ3n) is 11.5. The smallest absolute Gasteiger partial charge is 0.306 e. The quantitative estimate of drug-likeness (QED) is 0.0346. The summed E-state index contributed by atoms with van der Waals surface area (Å²) in [5, 5.41) is 0. The molecule has 0 unspecified atom stereocenters. The number of carbonyl (C=O) groups is 3. The fourth-order valence-electron chi connectivity index (χ4n) is 7.69.